The maximum absolute atomic E-state index is 3.16. The van der Waals surface area contributed by atoms with E-state index in [1.165, 1.54) is 22.5 Å². The molecule has 1 N–H and O–H groups in total. The van der Waals surface area contributed by atoms with Gasteiger partial charge in [0.2, 0.25) is 0 Å². The molecule has 0 spiro atoms. The fourth-order valence-corrected chi connectivity index (χ4v) is 1.96. The molecule has 0 amide bonds. The SMILES string of the molecule is CNCc1ccc(N(C)c2ccc(C)cc2)cc1. The van der Waals surface area contributed by atoms with E-state index in [1.807, 2.05) is 7.05 Å². The fraction of sp³-hybridized carbons (Fsp3) is 0.250. The van der Waals surface area contributed by atoms with Gasteiger partial charge in [-0.2, -0.15) is 0 Å². The minimum atomic E-state index is 0.911. The summed E-state index contributed by atoms with van der Waals surface area (Å²) in [6.07, 6.45) is 0. The molecular weight excluding hydrogens is 220 g/mol. The van der Waals surface area contributed by atoms with Crippen molar-refractivity contribution in [2.45, 2.75) is 13.5 Å². The summed E-state index contributed by atoms with van der Waals surface area (Å²) < 4.78 is 0. The number of rotatable bonds is 4. The van der Waals surface area contributed by atoms with Gasteiger partial charge in [0.05, 0.1) is 0 Å². The van der Waals surface area contributed by atoms with Gasteiger partial charge in [0, 0.05) is 25.0 Å². The standard InChI is InChI=1S/C16H20N2/c1-13-4-8-15(9-5-13)18(3)16-10-6-14(7-11-16)12-17-2/h4-11,17H,12H2,1-3H3. The van der Waals surface area contributed by atoms with Crippen molar-refractivity contribution in [2.75, 3.05) is 19.0 Å². The van der Waals surface area contributed by atoms with Crippen molar-refractivity contribution >= 4 is 11.4 Å². The van der Waals surface area contributed by atoms with Crippen LogP contribution in [0.3, 0.4) is 0 Å². The summed E-state index contributed by atoms with van der Waals surface area (Å²) in [6, 6.07) is 17.2. The largest absolute Gasteiger partial charge is 0.345 e. The molecule has 0 aliphatic carbocycles. The van der Waals surface area contributed by atoms with E-state index >= 15 is 0 Å². The Kier molecular flexibility index (Phi) is 4.00. The van der Waals surface area contributed by atoms with E-state index in [1.54, 1.807) is 0 Å². The molecule has 0 heterocycles. The van der Waals surface area contributed by atoms with Gasteiger partial charge in [-0.1, -0.05) is 29.8 Å². The molecule has 0 atom stereocenters. The molecule has 0 unspecified atom stereocenters. The van der Waals surface area contributed by atoms with Gasteiger partial charge < -0.3 is 10.2 Å². The van der Waals surface area contributed by atoms with E-state index in [0.717, 1.165) is 6.54 Å². The highest BCUT2D eigenvalue weighted by molar-refractivity contribution is 5.62. The Balaban J connectivity index is 2.17. The quantitative estimate of drug-likeness (QED) is 0.880. The topological polar surface area (TPSA) is 15.3 Å². The van der Waals surface area contributed by atoms with Crippen LogP contribution >= 0.6 is 0 Å². The van der Waals surface area contributed by atoms with Crippen molar-refractivity contribution in [3.63, 3.8) is 0 Å². The van der Waals surface area contributed by atoms with Gasteiger partial charge in [-0.15, -0.1) is 0 Å². The third-order valence-electron chi connectivity index (χ3n) is 3.13. The smallest absolute Gasteiger partial charge is 0.0408 e. The van der Waals surface area contributed by atoms with Crippen LogP contribution in [0.4, 0.5) is 11.4 Å². The molecule has 0 aliphatic heterocycles. The van der Waals surface area contributed by atoms with Crippen LogP contribution in [0.1, 0.15) is 11.1 Å². The maximum Gasteiger partial charge on any atom is 0.0408 e. The number of hydrogen-bond acceptors (Lipinski definition) is 2. The van der Waals surface area contributed by atoms with Gasteiger partial charge in [0.25, 0.3) is 0 Å². The van der Waals surface area contributed by atoms with Gasteiger partial charge >= 0.3 is 0 Å². The predicted molar refractivity (Wildman–Crippen MR) is 78.4 cm³/mol. The minimum Gasteiger partial charge on any atom is -0.345 e. The van der Waals surface area contributed by atoms with Crippen LogP contribution in [0.25, 0.3) is 0 Å². The van der Waals surface area contributed by atoms with E-state index in [2.05, 4.69) is 72.7 Å². The van der Waals surface area contributed by atoms with Gasteiger partial charge in [-0.05, 0) is 43.8 Å². The molecule has 0 radical (unpaired) electrons. The Morgan fingerprint density at radius 2 is 1.39 bits per heavy atom. The first-order chi connectivity index (χ1) is 8.70. The number of nitrogens with one attached hydrogen (secondary N) is 1. The monoisotopic (exact) mass is 240 g/mol. The average molecular weight is 240 g/mol. The molecule has 0 aliphatic rings. The second-order valence-corrected chi connectivity index (χ2v) is 4.59. The van der Waals surface area contributed by atoms with Crippen molar-refractivity contribution in [3.05, 3.63) is 59.7 Å². The highest BCUT2D eigenvalue weighted by atomic mass is 15.1. The van der Waals surface area contributed by atoms with Gasteiger partial charge in [-0.3, -0.25) is 0 Å². The summed E-state index contributed by atoms with van der Waals surface area (Å²) in [5.41, 5.74) is 5.01. The third-order valence-corrected chi connectivity index (χ3v) is 3.13. The molecule has 0 fully saturated rings. The molecule has 2 nitrogen and oxygen atoms in total. The van der Waals surface area contributed by atoms with E-state index in [-0.39, 0.29) is 0 Å². The number of aryl methyl sites for hydroxylation is 1. The summed E-state index contributed by atoms with van der Waals surface area (Å²) in [6.45, 7) is 3.02. The fourth-order valence-electron chi connectivity index (χ4n) is 1.96. The van der Waals surface area contributed by atoms with Crippen LogP contribution in [-0.4, -0.2) is 14.1 Å². The van der Waals surface area contributed by atoms with E-state index in [9.17, 15) is 0 Å². The lowest BCUT2D eigenvalue weighted by Gasteiger charge is -2.20. The Bertz CT molecular complexity index is 486. The van der Waals surface area contributed by atoms with Crippen molar-refractivity contribution in [3.8, 4) is 0 Å². The van der Waals surface area contributed by atoms with E-state index in [0.29, 0.717) is 0 Å². The highest BCUT2D eigenvalue weighted by Gasteiger charge is 2.03. The maximum atomic E-state index is 3.16. The Labute approximate surface area is 109 Å². The summed E-state index contributed by atoms with van der Waals surface area (Å²) in [7, 11) is 4.06. The zero-order chi connectivity index (χ0) is 13.0. The second kappa shape index (κ2) is 5.69. The number of nitrogens with zero attached hydrogens (tertiary/aromatic N) is 1. The van der Waals surface area contributed by atoms with Gasteiger partial charge in [0.1, 0.15) is 0 Å². The predicted octanol–water partition coefficient (Wildman–Crippen LogP) is 3.48. The minimum absolute atomic E-state index is 0.911. The lowest BCUT2D eigenvalue weighted by atomic mass is 10.1. The molecule has 0 bridgehead atoms. The number of hydrogen-bond donors (Lipinski definition) is 1. The first-order valence-electron chi connectivity index (χ1n) is 6.24. The Morgan fingerprint density at radius 1 is 0.889 bits per heavy atom. The first kappa shape index (κ1) is 12.7. The lowest BCUT2D eigenvalue weighted by Crippen LogP contribution is -2.10. The summed E-state index contributed by atoms with van der Waals surface area (Å²) in [4.78, 5) is 2.20. The molecule has 0 saturated heterocycles. The zero-order valence-corrected chi connectivity index (χ0v) is 11.3. The molecule has 2 heteroatoms. The van der Waals surface area contributed by atoms with Crippen LogP contribution in [0.5, 0.6) is 0 Å². The molecule has 2 rings (SSSR count). The molecular formula is C16H20N2. The van der Waals surface area contributed by atoms with E-state index in [4.69, 9.17) is 0 Å². The first-order valence-corrected chi connectivity index (χ1v) is 6.24. The van der Waals surface area contributed by atoms with Crippen molar-refractivity contribution in [1.29, 1.82) is 0 Å². The molecule has 94 valence electrons. The van der Waals surface area contributed by atoms with Crippen LogP contribution in [0.15, 0.2) is 48.5 Å². The van der Waals surface area contributed by atoms with Crippen LogP contribution in [0.2, 0.25) is 0 Å². The summed E-state index contributed by atoms with van der Waals surface area (Å²) >= 11 is 0. The Hall–Kier alpha value is -1.80. The number of benzene rings is 2. The molecule has 2 aromatic carbocycles. The summed E-state index contributed by atoms with van der Waals surface area (Å²) in [5, 5.41) is 3.16. The van der Waals surface area contributed by atoms with Gasteiger partial charge in [-0.25, -0.2) is 0 Å². The zero-order valence-electron chi connectivity index (χ0n) is 11.3. The average Bonchev–Trinajstić information content (AvgIpc) is 2.40. The Morgan fingerprint density at radius 3 is 1.89 bits per heavy atom. The van der Waals surface area contributed by atoms with Crippen molar-refractivity contribution < 1.29 is 0 Å². The van der Waals surface area contributed by atoms with Crippen LogP contribution < -0.4 is 10.2 Å². The lowest BCUT2D eigenvalue weighted by molar-refractivity contribution is 0.818. The van der Waals surface area contributed by atoms with Crippen molar-refractivity contribution in [2.24, 2.45) is 0 Å². The highest BCUT2D eigenvalue weighted by Crippen LogP contribution is 2.23. The normalized spacial score (nSPS) is 10.4. The molecule has 2 aromatic rings. The van der Waals surface area contributed by atoms with Crippen LogP contribution in [0, 0.1) is 6.92 Å². The molecule has 0 saturated carbocycles. The van der Waals surface area contributed by atoms with Gasteiger partial charge in [0.15, 0.2) is 0 Å². The summed E-state index contributed by atoms with van der Waals surface area (Å²) in [5.74, 6) is 0. The van der Waals surface area contributed by atoms with Crippen molar-refractivity contribution in [1.82, 2.24) is 5.32 Å². The van der Waals surface area contributed by atoms with E-state index < -0.39 is 0 Å². The second-order valence-electron chi connectivity index (χ2n) is 4.59. The third kappa shape index (κ3) is 2.90. The molecule has 18 heavy (non-hydrogen) atoms. The number of anilines is 2. The molecule has 0 aromatic heterocycles. The van der Waals surface area contributed by atoms with Crippen LogP contribution in [-0.2, 0) is 6.54 Å².